The monoisotopic (exact) mass is 521 g/mol. The van der Waals surface area contributed by atoms with Crippen LogP contribution < -0.4 is 10.2 Å². The Kier molecular flexibility index (Phi) is 7.33. The third kappa shape index (κ3) is 5.08. The Balaban J connectivity index is 1.41. The number of hydrogen-bond acceptors (Lipinski definition) is 4. The van der Waals surface area contributed by atoms with Gasteiger partial charge in [-0.2, -0.15) is 5.10 Å². The molecule has 188 valence electrons. The average Bonchev–Trinajstić information content (AvgIpc) is 3.34. The average molecular weight is 522 g/mol. The molecule has 0 unspecified atom stereocenters. The van der Waals surface area contributed by atoms with Crippen LogP contribution in [0.1, 0.15) is 38.9 Å². The Labute approximate surface area is 224 Å². The van der Waals surface area contributed by atoms with E-state index in [4.69, 9.17) is 16.3 Å². The number of esters is 1. The number of rotatable bonds is 7. The van der Waals surface area contributed by atoms with E-state index >= 15 is 0 Å². The van der Waals surface area contributed by atoms with E-state index in [0.29, 0.717) is 22.0 Å². The van der Waals surface area contributed by atoms with E-state index in [-0.39, 0.29) is 11.5 Å². The molecule has 0 saturated heterocycles. The highest BCUT2D eigenvalue weighted by atomic mass is 35.5. The number of aromatic amines is 1. The molecule has 7 heteroatoms. The molecule has 0 atom stereocenters. The zero-order chi connectivity index (χ0) is 26.5. The number of hydrazone groups is 1. The molecule has 0 spiro atoms. The molecule has 4 aromatic carbocycles. The van der Waals surface area contributed by atoms with Gasteiger partial charge in [-0.15, -0.1) is 0 Å². The predicted octanol–water partition coefficient (Wildman–Crippen LogP) is 7.03. The van der Waals surface area contributed by atoms with Gasteiger partial charge in [0.15, 0.2) is 0 Å². The summed E-state index contributed by atoms with van der Waals surface area (Å²) in [6.45, 7) is 2.08. The Morgan fingerprint density at radius 1 is 0.921 bits per heavy atom. The lowest BCUT2D eigenvalue weighted by molar-refractivity contribution is 0.0734. The van der Waals surface area contributed by atoms with E-state index in [2.05, 4.69) is 22.4 Å². The van der Waals surface area contributed by atoms with Crippen LogP contribution in [-0.4, -0.2) is 23.1 Å². The van der Waals surface area contributed by atoms with Crippen molar-refractivity contribution < 1.29 is 14.3 Å². The van der Waals surface area contributed by atoms with Crippen LogP contribution in [0.2, 0.25) is 5.02 Å². The van der Waals surface area contributed by atoms with Crippen molar-refractivity contribution >= 4 is 40.6 Å². The lowest BCUT2D eigenvalue weighted by Crippen LogP contribution is -2.19. The van der Waals surface area contributed by atoms with Gasteiger partial charge >= 0.3 is 5.97 Å². The lowest BCUT2D eigenvalue weighted by atomic mass is 10.00. The number of carbonyl (C=O) groups is 2. The molecule has 0 fully saturated rings. The van der Waals surface area contributed by atoms with Crippen molar-refractivity contribution in [3.63, 3.8) is 0 Å². The maximum atomic E-state index is 13.3. The van der Waals surface area contributed by atoms with Gasteiger partial charge in [0.2, 0.25) is 0 Å². The van der Waals surface area contributed by atoms with Gasteiger partial charge in [0.1, 0.15) is 11.4 Å². The number of nitrogens with one attached hydrogen (secondary N) is 2. The summed E-state index contributed by atoms with van der Waals surface area (Å²) in [6, 6.07) is 29.4. The van der Waals surface area contributed by atoms with Crippen molar-refractivity contribution in [2.24, 2.45) is 5.10 Å². The number of fused-ring (bicyclic) bond motifs is 1. The first-order chi connectivity index (χ1) is 18.6. The van der Waals surface area contributed by atoms with Gasteiger partial charge in [-0.3, -0.25) is 4.79 Å². The number of para-hydroxylation sites is 2. The summed E-state index contributed by atoms with van der Waals surface area (Å²) >= 11 is 6.13. The van der Waals surface area contributed by atoms with Crippen LogP contribution in [0.25, 0.3) is 22.0 Å². The molecule has 5 aromatic rings. The van der Waals surface area contributed by atoms with Crippen LogP contribution >= 0.6 is 11.6 Å². The standard InChI is InChI=1S/C31H24ClN3O3/c1-2-20-14-10-16-24-27(21-11-4-3-5-12-21)29(34-28(20)24)30(36)35-33-19-22-13-6-9-18-26(22)38-31(37)23-15-7-8-17-25(23)32/h3-19,34H,2H2,1H3,(H,35,36). The van der Waals surface area contributed by atoms with Gasteiger partial charge in [-0.05, 0) is 41.8 Å². The first kappa shape index (κ1) is 25.0. The van der Waals surface area contributed by atoms with Crippen LogP contribution in [0, 0.1) is 0 Å². The smallest absolute Gasteiger partial charge is 0.345 e. The van der Waals surface area contributed by atoms with Gasteiger partial charge in [0.05, 0.1) is 16.8 Å². The Bertz CT molecular complexity index is 1660. The third-order valence-corrected chi connectivity index (χ3v) is 6.51. The summed E-state index contributed by atoms with van der Waals surface area (Å²) < 4.78 is 5.56. The van der Waals surface area contributed by atoms with Crippen LogP contribution in [-0.2, 0) is 6.42 Å². The Hall–Kier alpha value is -4.68. The van der Waals surface area contributed by atoms with E-state index in [9.17, 15) is 9.59 Å². The number of nitrogens with zero attached hydrogens (tertiary/aromatic N) is 1. The fraction of sp³-hybridized carbons (Fsp3) is 0.0645. The molecule has 38 heavy (non-hydrogen) atoms. The molecule has 0 aliphatic heterocycles. The summed E-state index contributed by atoms with van der Waals surface area (Å²) in [5, 5.41) is 5.44. The van der Waals surface area contributed by atoms with E-state index in [0.717, 1.165) is 34.0 Å². The molecule has 0 radical (unpaired) electrons. The molecular weight excluding hydrogens is 498 g/mol. The molecule has 5 rings (SSSR count). The SMILES string of the molecule is CCc1cccc2c(-c3ccccc3)c(C(=O)NN=Cc3ccccc3OC(=O)c3ccccc3Cl)[nH]c12. The number of H-pyrrole nitrogens is 1. The quantitative estimate of drug-likeness (QED) is 0.104. The number of benzene rings is 4. The van der Waals surface area contributed by atoms with E-state index in [1.165, 1.54) is 6.21 Å². The number of amides is 1. The fourth-order valence-electron chi connectivity index (χ4n) is 4.33. The van der Waals surface area contributed by atoms with Gasteiger partial charge in [-0.25, -0.2) is 10.2 Å². The normalized spacial score (nSPS) is 11.1. The number of aromatic nitrogens is 1. The summed E-state index contributed by atoms with van der Waals surface area (Å²) in [6.07, 6.45) is 2.27. The van der Waals surface area contributed by atoms with Crippen LogP contribution in [0.4, 0.5) is 0 Å². The summed E-state index contributed by atoms with van der Waals surface area (Å²) in [7, 11) is 0. The minimum Gasteiger partial charge on any atom is -0.422 e. The molecule has 0 aliphatic carbocycles. The van der Waals surface area contributed by atoms with Crippen molar-refractivity contribution in [2.45, 2.75) is 13.3 Å². The van der Waals surface area contributed by atoms with E-state index < -0.39 is 5.97 Å². The number of ether oxygens (including phenoxy) is 1. The second kappa shape index (κ2) is 11.2. The number of hydrogen-bond donors (Lipinski definition) is 2. The molecule has 0 saturated carbocycles. The second-order valence-electron chi connectivity index (χ2n) is 8.54. The summed E-state index contributed by atoms with van der Waals surface area (Å²) in [5.74, 6) is -0.680. The first-order valence-electron chi connectivity index (χ1n) is 12.1. The molecule has 1 amide bonds. The highest BCUT2D eigenvalue weighted by molar-refractivity contribution is 6.33. The zero-order valence-corrected chi connectivity index (χ0v) is 21.3. The number of halogens is 1. The van der Waals surface area contributed by atoms with Crippen molar-refractivity contribution in [3.05, 3.63) is 124 Å². The van der Waals surface area contributed by atoms with Crippen molar-refractivity contribution in [1.29, 1.82) is 0 Å². The zero-order valence-electron chi connectivity index (χ0n) is 20.6. The van der Waals surface area contributed by atoms with Gasteiger partial charge < -0.3 is 9.72 Å². The highest BCUT2D eigenvalue weighted by Gasteiger charge is 2.20. The topological polar surface area (TPSA) is 83.5 Å². The fourth-order valence-corrected chi connectivity index (χ4v) is 4.54. The molecule has 6 nitrogen and oxygen atoms in total. The molecule has 0 aliphatic rings. The lowest BCUT2D eigenvalue weighted by Gasteiger charge is -2.08. The Morgan fingerprint density at radius 3 is 2.45 bits per heavy atom. The molecule has 1 heterocycles. The molecular formula is C31H24ClN3O3. The van der Waals surface area contributed by atoms with Gasteiger partial charge in [0, 0.05) is 22.0 Å². The third-order valence-electron chi connectivity index (χ3n) is 6.18. The van der Waals surface area contributed by atoms with E-state index in [1.807, 2.05) is 48.5 Å². The number of carbonyl (C=O) groups excluding carboxylic acids is 2. The van der Waals surface area contributed by atoms with Crippen molar-refractivity contribution in [1.82, 2.24) is 10.4 Å². The van der Waals surface area contributed by atoms with Crippen LogP contribution in [0.3, 0.4) is 0 Å². The molecule has 2 N–H and O–H groups in total. The van der Waals surface area contributed by atoms with Crippen molar-refractivity contribution in [3.8, 4) is 16.9 Å². The largest absolute Gasteiger partial charge is 0.422 e. The predicted molar refractivity (Wildman–Crippen MR) is 151 cm³/mol. The highest BCUT2D eigenvalue weighted by Crippen LogP contribution is 2.34. The maximum Gasteiger partial charge on any atom is 0.345 e. The van der Waals surface area contributed by atoms with Gasteiger partial charge in [-0.1, -0.05) is 91.3 Å². The summed E-state index contributed by atoms with van der Waals surface area (Å²) in [4.78, 5) is 29.3. The Morgan fingerprint density at radius 2 is 1.66 bits per heavy atom. The van der Waals surface area contributed by atoms with Gasteiger partial charge in [0.25, 0.3) is 5.91 Å². The van der Waals surface area contributed by atoms with Crippen LogP contribution in [0.5, 0.6) is 5.75 Å². The maximum absolute atomic E-state index is 13.3. The van der Waals surface area contributed by atoms with E-state index in [1.54, 1.807) is 48.5 Å². The summed E-state index contributed by atoms with van der Waals surface area (Å²) in [5.41, 5.74) is 7.60. The first-order valence-corrected chi connectivity index (χ1v) is 12.5. The molecule has 0 bridgehead atoms. The number of aryl methyl sites for hydroxylation is 1. The van der Waals surface area contributed by atoms with Crippen molar-refractivity contribution in [2.75, 3.05) is 0 Å². The minimum atomic E-state index is -0.585. The molecule has 1 aromatic heterocycles. The second-order valence-corrected chi connectivity index (χ2v) is 8.95. The van der Waals surface area contributed by atoms with Crippen LogP contribution in [0.15, 0.2) is 102 Å². The minimum absolute atomic E-state index is 0.257.